The Morgan fingerprint density at radius 1 is 1.64 bits per heavy atom. The summed E-state index contributed by atoms with van der Waals surface area (Å²) in [5.41, 5.74) is 5.17. The van der Waals surface area contributed by atoms with Gasteiger partial charge in [-0.3, -0.25) is 0 Å². The van der Waals surface area contributed by atoms with E-state index in [1.165, 1.54) is 0 Å². The van der Waals surface area contributed by atoms with Crippen LogP contribution in [0.25, 0.3) is 0 Å². The molecule has 2 N–H and O–H groups in total. The maximum atomic E-state index is 12.2. The van der Waals surface area contributed by atoms with Gasteiger partial charge in [0.15, 0.2) is 0 Å². The molecular formula is C6H8F2N2O. The van der Waals surface area contributed by atoms with Crippen molar-refractivity contribution < 1.29 is 13.5 Å². The van der Waals surface area contributed by atoms with Crippen LogP contribution in [0.15, 0.2) is 4.99 Å². The van der Waals surface area contributed by atoms with E-state index in [1.807, 2.05) is 0 Å². The zero-order chi connectivity index (χ0) is 8.01. The second-order valence-corrected chi connectivity index (χ2v) is 2.85. The van der Waals surface area contributed by atoms with Crippen molar-refractivity contribution in [1.29, 1.82) is 0 Å². The molecule has 2 aliphatic rings. The Labute approximate surface area is 62.2 Å². The maximum absolute atomic E-state index is 12.2. The Kier molecular flexibility index (Phi) is 1.27. The Bertz CT molecular complexity index is 207. The first kappa shape index (κ1) is 6.82. The quantitative estimate of drug-likeness (QED) is 0.604. The van der Waals surface area contributed by atoms with Crippen LogP contribution in [-0.2, 0) is 4.74 Å². The number of rotatable bonds is 1. The van der Waals surface area contributed by atoms with Crippen molar-refractivity contribution in [1.82, 2.24) is 0 Å². The number of nitrogens with zero attached hydrogens (tertiary/aromatic N) is 1. The summed E-state index contributed by atoms with van der Waals surface area (Å²) in [6.45, 7) is 0. The monoisotopic (exact) mass is 162 g/mol. The molecule has 0 amide bonds. The third kappa shape index (κ3) is 1.04. The van der Waals surface area contributed by atoms with Crippen LogP contribution in [0, 0.1) is 5.92 Å². The summed E-state index contributed by atoms with van der Waals surface area (Å²) in [5.74, 6) is -0.0951. The molecule has 3 atom stereocenters. The van der Waals surface area contributed by atoms with Gasteiger partial charge >= 0.3 is 0 Å². The van der Waals surface area contributed by atoms with Crippen molar-refractivity contribution in [3.05, 3.63) is 0 Å². The van der Waals surface area contributed by atoms with Crippen molar-refractivity contribution in [2.24, 2.45) is 16.6 Å². The summed E-state index contributed by atoms with van der Waals surface area (Å²) in [5, 5.41) is 0. The van der Waals surface area contributed by atoms with Crippen LogP contribution in [0.1, 0.15) is 6.42 Å². The number of aliphatic imine (C=N–C) groups is 1. The van der Waals surface area contributed by atoms with Gasteiger partial charge in [-0.25, -0.2) is 13.8 Å². The summed E-state index contributed by atoms with van der Waals surface area (Å²) in [7, 11) is 0. The van der Waals surface area contributed by atoms with Gasteiger partial charge in [0.1, 0.15) is 12.1 Å². The van der Waals surface area contributed by atoms with Crippen LogP contribution in [-0.4, -0.2) is 24.6 Å². The van der Waals surface area contributed by atoms with Gasteiger partial charge in [-0.2, -0.15) is 0 Å². The molecule has 3 nitrogen and oxygen atoms in total. The predicted octanol–water partition coefficient (Wildman–Crippen LogP) is 0.353. The van der Waals surface area contributed by atoms with Crippen molar-refractivity contribution in [3.8, 4) is 0 Å². The minimum atomic E-state index is -2.41. The van der Waals surface area contributed by atoms with Crippen LogP contribution < -0.4 is 5.73 Å². The second-order valence-electron chi connectivity index (χ2n) is 2.85. The molecule has 1 fully saturated rings. The van der Waals surface area contributed by atoms with Gasteiger partial charge in [-0.05, 0) is 6.42 Å². The third-order valence-electron chi connectivity index (χ3n) is 2.02. The highest BCUT2D eigenvalue weighted by Gasteiger charge is 2.51. The van der Waals surface area contributed by atoms with Crippen molar-refractivity contribution >= 4 is 6.02 Å². The van der Waals surface area contributed by atoms with E-state index in [-0.39, 0.29) is 18.0 Å². The summed E-state index contributed by atoms with van der Waals surface area (Å²) in [6.07, 6.45) is -1.84. The van der Waals surface area contributed by atoms with Gasteiger partial charge < -0.3 is 10.5 Å². The molecule has 11 heavy (non-hydrogen) atoms. The van der Waals surface area contributed by atoms with Gasteiger partial charge in [-0.15, -0.1) is 0 Å². The topological polar surface area (TPSA) is 47.6 Å². The average Bonchev–Trinajstić information content (AvgIpc) is 2.63. The maximum Gasteiger partial charge on any atom is 0.282 e. The number of hydrogen-bond acceptors (Lipinski definition) is 3. The first-order chi connectivity index (χ1) is 5.18. The van der Waals surface area contributed by atoms with Gasteiger partial charge in [0.05, 0.1) is 0 Å². The smallest absolute Gasteiger partial charge is 0.282 e. The lowest BCUT2D eigenvalue weighted by Gasteiger charge is -2.17. The van der Waals surface area contributed by atoms with Crippen LogP contribution >= 0.6 is 0 Å². The first-order valence-corrected chi connectivity index (χ1v) is 3.46. The lowest BCUT2D eigenvalue weighted by atomic mass is 10.2. The Hall–Kier alpha value is -0.870. The molecule has 2 rings (SSSR count). The third-order valence-corrected chi connectivity index (χ3v) is 2.02. The fourth-order valence-corrected chi connectivity index (χ4v) is 1.36. The Balaban J connectivity index is 2.13. The lowest BCUT2D eigenvalue weighted by molar-refractivity contribution is 0.0878. The van der Waals surface area contributed by atoms with Crippen molar-refractivity contribution in [2.45, 2.75) is 25.0 Å². The zero-order valence-corrected chi connectivity index (χ0v) is 5.71. The molecule has 1 aliphatic heterocycles. The Morgan fingerprint density at radius 2 is 2.36 bits per heavy atom. The van der Waals surface area contributed by atoms with E-state index < -0.39 is 12.5 Å². The fraction of sp³-hybridized carbons (Fsp3) is 0.833. The minimum absolute atomic E-state index is 0.0888. The molecule has 5 heteroatoms. The van der Waals surface area contributed by atoms with E-state index in [9.17, 15) is 8.78 Å². The van der Waals surface area contributed by atoms with Crippen molar-refractivity contribution in [3.63, 3.8) is 0 Å². The average molecular weight is 162 g/mol. The standard InChI is InChI=1S/C6H8F2N2O/c7-5(8)4-2-1-3(2)11-6(9)10-4/h2-5H,1H2,(H2,9,10)/t2-,3+,4-/m0/s1. The SMILES string of the molecule is NC1=N[C@H](C(F)F)[C@H]2C[C@H]2O1. The van der Waals surface area contributed by atoms with Crippen LogP contribution in [0.4, 0.5) is 8.78 Å². The number of halogens is 2. The zero-order valence-electron chi connectivity index (χ0n) is 5.71. The van der Waals surface area contributed by atoms with Crippen LogP contribution in [0.3, 0.4) is 0 Å². The molecule has 0 saturated heterocycles. The van der Waals surface area contributed by atoms with E-state index >= 15 is 0 Å². The largest absolute Gasteiger partial charge is 0.462 e. The Morgan fingerprint density at radius 3 is 3.00 bits per heavy atom. The van der Waals surface area contributed by atoms with E-state index in [0.717, 1.165) is 0 Å². The molecule has 1 heterocycles. The van der Waals surface area contributed by atoms with Crippen LogP contribution in [0.2, 0.25) is 0 Å². The highest BCUT2D eigenvalue weighted by molar-refractivity contribution is 5.73. The molecule has 1 aliphatic carbocycles. The van der Waals surface area contributed by atoms with Crippen molar-refractivity contribution in [2.75, 3.05) is 0 Å². The molecule has 0 unspecified atom stereocenters. The number of amidine groups is 1. The molecule has 0 aromatic heterocycles. The predicted molar refractivity (Wildman–Crippen MR) is 34.4 cm³/mol. The normalized spacial score (nSPS) is 41.0. The molecule has 0 spiro atoms. The summed E-state index contributed by atoms with van der Waals surface area (Å²) >= 11 is 0. The number of hydrogen-bond donors (Lipinski definition) is 1. The highest BCUT2D eigenvalue weighted by Crippen LogP contribution is 2.42. The van der Waals surface area contributed by atoms with Gasteiger partial charge in [0, 0.05) is 5.92 Å². The lowest BCUT2D eigenvalue weighted by Crippen LogP contribution is -2.32. The summed E-state index contributed by atoms with van der Waals surface area (Å²) in [6, 6.07) is -1.01. The summed E-state index contributed by atoms with van der Waals surface area (Å²) < 4.78 is 29.2. The number of fused-ring (bicyclic) bond motifs is 1. The number of alkyl halides is 2. The molecular weight excluding hydrogens is 154 g/mol. The summed E-state index contributed by atoms with van der Waals surface area (Å²) in [4.78, 5) is 3.53. The first-order valence-electron chi connectivity index (χ1n) is 3.46. The number of ether oxygens (including phenoxy) is 1. The van der Waals surface area contributed by atoms with Gasteiger partial charge in [0.25, 0.3) is 12.4 Å². The molecule has 1 saturated carbocycles. The minimum Gasteiger partial charge on any atom is -0.462 e. The molecule has 0 aromatic rings. The van der Waals surface area contributed by atoms with E-state index in [1.54, 1.807) is 0 Å². The van der Waals surface area contributed by atoms with E-state index in [4.69, 9.17) is 10.5 Å². The van der Waals surface area contributed by atoms with Crippen LogP contribution in [0.5, 0.6) is 0 Å². The van der Waals surface area contributed by atoms with Gasteiger partial charge in [-0.1, -0.05) is 0 Å². The fourth-order valence-electron chi connectivity index (χ4n) is 1.36. The highest BCUT2D eigenvalue weighted by atomic mass is 19.3. The second kappa shape index (κ2) is 2.06. The molecule has 0 bridgehead atoms. The van der Waals surface area contributed by atoms with E-state index in [2.05, 4.69) is 4.99 Å². The van der Waals surface area contributed by atoms with E-state index in [0.29, 0.717) is 6.42 Å². The van der Waals surface area contributed by atoms with Gasteiger partial charge in [0.2, 0.25) is 0 Å². The number of nitrogens with two attached hydrogens (primary N) is 1. The molecule has 62 valence electrons. The molecule has 0 radical (unpaired) electrons. The molecule has 0 aromatic carbocycles.